The topological polar surface area (TPSA) is 129 Å². The number of nitrogens with zero attached hydrogens (tertiary/aromatic N) is 7. The molecule has 5 rings (SSSR count). The Morgan fingerprint density at radius 3 is 2.63 bits per heavy atom. The van der Waals surface area contributed by atoms with Crippen molar-refractivity contribution in [2.75, 3.05) is 31.2 Å². The molecule has 0 aromatic carbocycles. The van der Waals surface area contributed by atoms with Crippen molar-refractivity contribution in [3.05, 3.63) is 41.5 Å². The summed E-state index contributed by atoms with van der Waals surface area (Å²) in [5.41, 5.74) is 5.58. The molecule has 13 heteroatoms. The molecule has 38 heavy (non-hydrogen) atoms. The van der Waals surface area contributed by atoms with E-state index >= 15 is 0 Å². The van der Waals surface area contributed by atoms with Crippen LogP contribution in [-0.4, -0.2) is 75.4 Å². The van der Waals surface area contributed by atoms with Gasteiger partial charge in [0.2, 0.25) is 15.9 Å². The van der Waals surface area contributed by atoms with Crippen LogP contribution in [0.1, 0.15) is 23.4 Å². The molecule has 0 spiro atoms. The number of likely N-dealkylation sites (tertiary alicyclic amines) is 1. The summed E-state index contributed by atoms with van der Waals surface area (Å²) < 4.78 is 41.6. The highest BCUT2D eigenvalue weighted by Gasteiger charge is 2.27. The van der Waals surface area contributed by atoms with Crippen molar-refractivity contribution in [1.82, 2.24) is 34.4 Å². The number of pyridine rings is 2. The Morgan fingerprint density at radius 2 is 1.95 bits per heavy atom. The van der Waals surface area contributed by atoms with E-state index in [-0.39, 0.29) is 17.7 Å². The van der Waals surface area contributed by atoms with Crippen LogP contribution in [0, 0.1) is 13.8 Å². The average molecular weight is 541 g/mol. The third-order valence-corrected chi connectivity index (χ3v) is 7.46. The number of sulfonamides is 1. The van der Waals surface area contributed by atoms with Gasteiger partial charge in [-0.3, -0.25) is 19.0 Å². The molecule has 1 aliphatic heterocycles. The lowest BCUT2D eigenvalue weighted by Crippen LogP contribution is -2.25. The van der Waals surface area contributed by atoms with Crippen molar-refractivity contribution >= 4 is 26.7 Å². The van der Waals surface area contributed by atoms with Crippen LogP contribution in [0.4, 0.5) is 5.69 Å². The molecular weight excluding hydrogens is 508 g/mol. The number of ether oxygens (including phenoxy) is 2. The molecule has 5 heterocycles. The molecule has 12 nitrogen and oxygen atoms in total. The Labute approximate surface area is 221 Å². The van der Waals surface area contributed by atoms with Gasteiger partial charge >= 0.3 is 0 Å². The van der Waals surface area contributed by atoms with Gasteiger partial charge in [0.15, 0.2) is 5.65 Å². The summed E-state index contributed by atoms with van der Waals surface area (Å²) in [6.45, 7) is 6.70. The highest BCUT2D eigenvalue weighted by atomic mass is 32.2. The minimum absolute atomic E-state index is 0.00222. The van der Waals surface area contributed by atoms with Gasteiger partial charge in [-0.15, -0.1) is 0 Å². The standard InChI is InChI=1S/C25H32N8O4S/c1-15-20(16(2)31(3)29-15)14-33-8-7-18(13-33)37-23-10-21(28-24-19(23)12-27-32(24)4)17-9-22(30-38(6,34)35)25(36-5)26-11-17/h9-12,18,30H,7-8,13-14H2,1-6H3/t18-/m1/s1. The second-order valence-electron chi connectivity index (χ2n) is 9.70. The lowest BCUT2D eigenvalue weighted by Gasteiger charge is -2.18. The Morgan fingerprint density at radius 1 is 1.16 bits per heavy atom. The highest BCUT2D eigenvalue weighted by Crippen LogP contribution is 2.34. The molecule has 4 aromatic rings. The molecule has 0 bridgehead atoms. The van der Waals surface area contributed by atoms with Crippen molar-refractivity contribution in [3.8, 4) is 22.9 Å². The van der Waals surface area contributed by atoms with E-state index in [0.29, 0.717) is 22.7 Å². The zero-order valence-electron chi connectivity index (χ0n) is 22.4. The number of rotatable bonds is 8. The molecule has 0 saturated carbocycles. The summed E-state index contributed by atoms with van der Waals surface area (Å²) in [6, 6.07) is 3.51. The van der Waals surface area contributed by atoms with Gasteiger partial charge in [0, 0.05) is 62.8 Å². The van der Waals surface area contributed by atoms with Gasteiger partial charge in [-0.2, -0.15) is 10.2 Å². The van der Waals surface area contributed by atoms with Crippen LogP contribution >= 0.6 is 0 Å². The quantitative estimate of drug-likeness (QED) is 0.358. The van der Waals surface area contributed by atoms with Gasteiger partial charge in [-0.1, -0.05) is 0 Å². The zero-order chi connectivity index (χ0) is 27.2. The summed E-state index contributed by atoms with van der Waals surface area (Å²) in [4.78, 5) is 11.4. The number of aromatic nitrogens is 6. The third-order valence-electron chi connectivity index (χ3n) is 6.87. The maximum Gasteiger partial charge on any atom is 0.238 e. The van der Waals surface area contributed by atoms with Crippen LogP contribution in [0.3, 0.4) is 0 Å². The average Bonchev–Trinajstić information content (AvgIpc) is 3.53. The summed E-state index contributed by atoms with van der Waals surface area (Å²) in [6.07, 6.45) is 5.31. The van der Waals surface area contributed by atoms with Crippen molar-refractivity contribution in [1.29, 1.82) is 0 Å². The van der Waals surface area contributed by atoms with E-state index < -0.39 is 10.0 Å². The van der Waals surface area contributed by atoms with E-state index in [0.717, 1.165) is 43.4 Å². The van der Waals surface area contributed by atoms with Crippen LogP contribution in [0.25, 0.3) is 22.3 Å². The van der Waals surface area contributed by atoms with E-state index in [1.807, 2.05) is 24.8 Å². The molecule has 0 radical (unpaired) electrons. The molecule has 0 aliphatic carbocycles. The Hall–Kier alpha value is -3.71. The molecule has 202 valence electrons. The number of hydrogen-bond acceptors (Lipinski definition) is 9. The summed E-state index contributed by atoms with van der Waals surface area (Å²) >= 11 is 0. The van der Waals surface area contributed by atoms with E-state index in [1.165, 1.54) is 18.4 Å². The second kappa shape index (κ2) is 9.87. The maximum absolute atomic E-state index is 11.9. The van der Waals surface area contributed by atoms with Crippen LogP contribution in [0.2, 0.25) is 0 Å². The molecule has 1 atom stereocenters. The van der Waals surface area contributed by atoms with Crippen LogP contribution in [0.5, 0.6) is 11.6 Å². The minimum Gasteiger partial charge on any atom is -0.488 e. The molecule has 0 unspecified atom stereocenters. The SMILES string of the molecule is COc1ncc(-c2cc(O[C@@H]3CCN(Cc4c(C)nn(C)c4C)C3)c3cnn(C)c3n2)cc1NS(C)(=O)=O. The van der Waals surface area contributed by atoms with Crippen molar-refractivity contribution < 1.29 is 17.9 Å². The van der Waals surface area contributed by atoms with Crippen molar-refractivity contribution in [3.63, 3.8) is 0 Å². The minimum atomic E-state index is -3.54. The number of hydrogen-bond donors (Lipinski definition) is 1. The normalized spacial score (nSPS) is 16.3. The monoisotopic (exact) mass is 540 g/mol. The molecule has 0 amide bonds. The zero-order valence-corrected chi connectivity index (χ0v) is 23.2. The Balaban J connectivity index is 1.43. The van der Waals surface area contributed by atoms with Crippen LogP contribution in [0.15, 0.2) is 24.5 Å². The first-order valence-electron chi connectivity index (χ1n) is 12.3. The lowest BCUT2D eigenvalue weighted by molar-refractivity contribution is 0.200. The second-order valence-corrected chi connectivity index (χ2v) is 11.5. The van der Waals surface area contributed by atoms with Crippen LogP contribution < -0.4 is 14.2 Å². The number of anilines is 1. The summed E-state index contributed by atoms with van der Waals surface area (Å²) in [7, 11) is 1.69. The number of aryl methyl sites for hydroxylation is 3. The number of fused-ring (bicyclic) bond motifs is 1. The third kappa shape index (κ3) is 5.16. The van der Waals surface area contributed by atoms with Gasteiger partial charge in [0.25, 0.3) is 0 Å². The first-order valence-corrected chi connectivity index (χ1v) is 14.1. The van der Waals surface area contributed by atoms with Crippen molar-refractivity contribution in [2.45, 2.75) is 32.9 Å². The molecule has 1 saturated heterocycles. The van der Waals surface area contributed by atoms with E-state index in [9.17, 15) is 8.42 Å². The first-order chi connectivity index (χ1) is 18.0. The summed E-state index contributed by atoms with van der Waals surface area (Å²) in [5.74, 6) is 0.842. The van der Waals surface area contributed by atoms with E-state index in [4.69, 9.17) is 14.5 Å². The number of nitrogens with one attached hydrogen (secondary N) is 1. The van der Waals surface area contributed by atoms with Gasteiger partial charge < -0.3 is 9.47 Å². The summed E-state index contributed by atoms with van der Waals surface area (Å²) in [5, 5.41) is 9.73. The van der Waals surface area contributed by atoms with Crippen molar-refractivity contribution in [2.24, 2.45) is 14.1 Å². The van der Waals surface area contributed by atoms with Gasteiger partial charge in [0.05, 0.1) is 36.3 Å². The smallest absolute Gasteiger partial charge is 0.238 e. The predicted octanol–water partition coefficient (Wildman–Crippen LogP) is 2.41. The predicted molar refractivity (Wildman–Crippen MR) is 144 cm³/mol. The molecule has 1 N–H and O–H groups in total. The lowest BCUT2D eigenvalue weighted by atomic mass is 10.1. The largest absolute Gasteiger partial charge is 0.488 e. The van der Waals surface area contributed by atoms with E-state index in [1.54, 1.807) is 23.1 Å². The van der Waals surface area contributed by atoms with Gasteiger partial charge in [0.1, 0.15) is 17.5 Å². The van der Waals surface area contributed by atoms with E-state index in [2.05, 4.69) is 38.7 Å². The fourth-order valence-electron chi connectivity index (χ4n) is 4.85. The molecule has 1 fully saturated rings. The van der Waals surface area contributed by atoms with Crippen LogP contribution in [-0.2, 0) is 30.7 Å². The van der Waals surface area contributed by atoms with Gasteiger partial charge in [-0.05, 0) is 26.3 Å². The Kier molecular flexibility index (Phi) is 6.73. The Bertz CT molecular complexity index is 1610. The fraction of sp³-hybridized carbons (Fsp3) is 0.440. The van der Waals surface area contributed by atoms with Gasteiger partial charge in [-0.25, -0.2) is 18.4 Å². The highest BCUT2D eigenvalue weighted by molar-refractivity contribution is 7.92. The molecular formula is C25H32N8O4S. The first kappa shape index (κ1) is 25.9. The molecule has 4 aromatic heterocycles. The fourth-order valence-corrected chi connectivity index (χ4v) is 5.39. The number of methoxy groups -OCH3 is 1. The maximum atomic E-state index is 11.9. The molecule has 1 aliphatic rings.